The van der Waals surface area contributed by atoms with Crippen molar-refractivity contribution < 1.29 is 9.90 Å². The lowest BCUT2D eigenvalue weighted by Crippen LogP contribution is -2.47. The first-order chi connectivity index (χ1) is 9.98. The number of unbranched alkanes of at least 4 members (excludes halogenated alkanes) is 1. The van der Waals surface area contributed by atoms with Gasteiger partial charge in [-0.05, 0) is 59.0 Å². The predicted octanol–water partition coefficient (Wildman–Crippen LogP) is 1.79. The van der Waals surface area contributed by atoms with Crippen LogP contribution >= 0.6 is 0 Å². The molecule has 1 atom stereocenters. The zero-order valence-corrected chi connectivity index (χ0v) is 13.3. The van der Waals surface area contributed by atoms with Crippen molar-refractivity contribution in [2.75, 3.05) is 27.2 Å². The Hall–Kier alpha value is -1.46. The SMILES string of the molecule is CNC(C)(CCCCN(C)CCc1ccccn1)C(=O)O. The van der Waals surface area contributed by atoms with Crippen molar-refractivity contribution in [1.29, 1.82) is 0 Å². The summed E-state index contributed by atoms with van der Waals surface area (Å²) in [6.45, 7) is 3.69. The van der Waals surface area contributed by atoms with Gasteiger partial charge in [0.2, 0.25) is 0 Å². The van der Waals surface area contributed by atoms with Crippen LogP contribution in [-0.2, 0) is 11.2 Å². The summed E-state index contributed by atoms with van der Waals surface area (Å²) in [6, 6.07) is 5.97. The molecule has 0 spiro atoms. The van der Waals surface area contributed by atoms with Crippen molar-refractivity contribution in [3.8, 4) is 0 Å². The van der Waals surface area contributed by atoms with E-state index in [0.717, 1.165) is 38.0 Å². The fourth-order valence-electron chi connectivity index (χ4n) is 2.16. The molecule has 1 rings (SSSR count). The smallest absolute Gasteiger partial charge is 0.323 e. The number of hydrogen-bond donors (Lipinski definition) is 2. The number of hydrogen-bond acceptors (Lipinski definition) is 4. The molecule has 1 heterocycles. The van der Waals surface area contributed by atoms with Crippen LogP contribution in [0.5, 0.6) is 0 Å². The lowest BCUT2D eigenvalue weighted by atomic mass is 9.95. The number of carboxylic acid groups (broad SMARTS) is 1. The molecule has 2 N–H and O–H groups in total. The van der Waals surface area contributed by atoms with Crippen molar-refractivity contribution in [2.45, 2.75) is 38.1 Å². The Morgan fingerprint density at radius 2 is 2.14 bits per heavy atom. The normalized spacial score (nSPS) is 14.1. The van der Waals surface area contributed by atoms with Gasteiger partial charge in [-0.3, -0.25) is 9.78 Å². The molecule has 1 aromatic heterocycles. The molecule has 5 nitrogen and oxygen atoms in total. The van der Waals surface area contributed by atoms with E-state index in [0.29, 0.717) is 6.42 Å². The fraction of sp³-hybridized carbons (Fsp3) is 0.625. The second-order valence-electron chi connectivity index (χ2n) is 5.72. The molecule has 0 fully saturated rings. The minimum Gasteiger partial charge on any atom is -0.480 e. The molecule has 0 saturated heterocycles. The third kappa shape index (κ3) is 6.23. The van der Waals surface area contributed by atoms with Gasteiger partial charge in [0.25, 0.3) is 0 Å². The van der Waals surface area contributed by atoms with Crippen LogP contribution in [0.4, 0.5) is 0 Å². The molecular weight excluding hydrogens is 266 g/mol. The van der Waals surface area contributed by atoms with Gasteiger partial charge in [-0.25, -0.2) is 0 Å². The summed E-state index contributed by atoms with van der Waals surface area (Å²) >= 11 is 0. The van der Waals surface area contributed by atoms with Gasteiger partial charge < -0.3 is 15.3 Å². The van der Waals surface area contributed by atoms with Gasteiger partial charge in [-0.1, -0.05) is 6.07 Å². The van der Waals surface area contributed by atoms with Crippen molar-refractivity contribution in [3.05, 3.63) is 30.1 Å². The average Bonchev–Trinajstić information content (AvgIpc) is 2.50. The van der Waals surface area contributed by atoms with E-state index in [1.54, 1.807) is 14.0 Å². The molecule has 0 aliphatic carbocycles. The number of nitrogens with one attached hydrogen (secondary N) is 1. The highest BCUT2D eigenvalue weighted by atomic mass is 16.4. The van der Waals surface area contributed by atoms with Gasteiger partial charge in [-0.2, -0.15) is 0 Å². The number of rotatable bonds is 10. The van der Waals surface area contributed by atoms with Gasteiger partial charge in [0.05, 0.1) is 0 Å². The van der Waals surface area contributed by atoms with Crippen LogP contribution in [0.3, 0.4) is 0 Å². The number of carbonyl (C=O) groups is 1. The van der Waals surface area contributed by atoms with Crippen LogP contribution in [0.15, 0.2) is 24.4 Å². The zero-order chi connectivity index (χ0) is 15.7. The van der Waals surface area contributed by atoms with Crippen LogP contribution in [-0.4, -0.2) is 53.7 Å². The molecule has 21 heavy (non-hydrogen) atoms. The van der Waals surface area contributed by atoms with E-state index < -0.39 is 11.5 Å². The first-order valence-electron chi connectivity index (χ1n) is 7.48. The molecular formula is C16H27N3O2. The second-order valence-corrected chi connectivity index (χ2v) is 5.72. The maximum absolute atomic E-state index is 11.2. The first-order valence-corrected chi connectivity index (χ1v) is 7.48. The molecule has 0 radical (unpaired) electrons. The van der Waals surface area contributed by atoms with Gasteiger partial charge >= 0.3 is 5.97 Å². The third-order valence-electron chi connectivity index (χ3n) is 3.97. The quantitative estimate of drug-likeness (QED) is 0.644. The average molecular weight is 293 g/mol. The van der Waals surface area contributed by atoms with Gasteiger partial charge in [-0.15, -0.1) is 0 Å². The standard InChI is InChI=1S/C16H27N3O2/c1-16(17-2,15(20)21)10-5-7-12-19(3)13-9-14-8-4-6-11-18-14/h4,6,8,11,17H,5,7,9-10,12-13H2,1-3H3,(H,20,21). The summed E-state index contributed by atoms with van der Waals surface area (Å²) in [6.07, 6.45) is 5.31. The highest BCUT2D eigenvalue weighted by Crippen LogP contribution is 2.13. The van der Waals surface area contributed by atoms with E-state index >= 15 is 0 Å². The second kappa shape index (κ2) is 8.74. The van der Waals surface area contributed by atoms with Crippen LogP contribution in [0.2, 0.25) is 0 Å². The fourth-order valence-corrected chi connectivity index (χ4v) is 2.16. The Morgan fingerprint density at radius 1 is 1.38 bits per heavy atom. The number of aromatic nitrogens is 1. The van der Waals surface area contributed by atoms with Gasteiger partial charge in [0.15, 0.2) is 0 Å². The minimum absolute atomic E-state index is 0.646. The van der Waals surface area contributed by atoms with Crippen molar-refractivity contribution in [2.24, 2.45) is 0 Å². The topological polar surface area (TPSA) is 65.5 Å². The van der Waals surface area contributed by atoms with Crippen molar-refractivity contribution >= 4 is 5.97 Å². The summed E-state index contributed by atoms with van der Waals surface area (Å²) in [5, 5.41) is 12.1. The molecule has 5 heteroatoms. The highest BCUT2D eigenvalue weighted by molar-refractivity contribution is 5.78. The molecule has 0 aliphatic rings. The maximum atomic E-state index is 11.2. The third-order valence-corrected chi connectivity index (χ3v) is 3.97. The van der Waals surface area contributed by atoms with Crippen LogP contribution < -0.4 is 5.32 Å². The number of carboxylic acids is 1. The summed E-state index contributed by atoms with van der Waals surface area (Å²) in [7, 11) is 3.80. The van der Waals surface area contributed by atoms with Crippen molar-refractivity contribution in [1.82, 2.24) is 15.2 Å². The van der Waals surface area contributed by atoms with Gasteiger partial charge in [0, 0.05) is 24.9 Å². The Balaban J connectivity index is 2.19. The molecule has 0 saturated carbocycles. The Kier molecular flexibility index (Phi) is 7.32. The van der Waals surface area contributed by atoms with E-state index in [2.05, 4.69) is 22.2 Å². The maximum Gasteiger partial charge on any atom is 0.323 e. The molecule has 0 bridgehead atoms. The molecule has 0 aromatic carbocycles. The van der Waals surface area contributed by atoms with E-state index in [1.165, 1.54) is 0 Å². The van der Waals surface area contributed by atoms with Crippen LogP contribution in [0.25, 0.3) is 0 Å². The predicted molar refractivity (Wildman–Crippen MR) is 84.4 cm³/mol. The van der Waals surface area contributed by atoms with E-state index in [4.69, 9.17) is 0 Å². The van der Waals surface area contributed by atoms with Crippen LogP contribution in [0.1, 0.15) is 31.9 Å². The van der Waals surface area contributed by atoms with Gasteiger partial charge in [0.1, 0.15) is 5.54 Å². The Labute approximate surface area is 127 Å². The first kappa shape index (κ1) is 17.6. The monoisotopic (exact) mass is 293 g/mol. The number of aliphatic carboxylic acids is 1. The summed E-state index contributed by atoms with van der Waals surface area (Å²) in [5.41, 5.74) is 0.296. The summed E-state index contributed by atoms with van der Waals surface area (Å²) in [5.74, 6) is -0.784. The summed E-state index contributed by atoms with van der Waals surface area (Å²) < 4.78 is 0. The zero-order valence-electron chi connectivity index (χ0n) is 13.3. The number of nitrogens with zero attached hydrogens (tertiary/aromatic N) is 2. The lowest BCUT2D eigenvalue weighted by molar-refractivity contribution is -0.144. The highest BCUT2D eigenvalue weighted by Gasteiger charge is 2.30. The van der Waals surface area contributed by atoms with E-state index in [1.807, 2.05) is 24.4 Å². The largest absolute Gasteiger partial charge is 0.480 e. The summed E-state index contributed by atoms with van der Waals surface area (Å²) in [4.78, 5) is 17.7. The van der Waals surface area contributed by atoms with Crippen molar-refractivity contribution in [3.63, 3.8) is 0 Å². The molecule has 0 amide bonds. The number of likely N-dealkylation sites (N-methyl/N-ethyl adjacent to an activating group) is 2. The van der Waals surface area contributed by atoms with E-state index in [9.17, 15) is 9.90 Å². The molecule has 118 valence electrons. The lowest BCUT2D eigenvalue weighted by Gasteiger charge is -2.24. The minimum atomic E-state index is -0.813. The number of pyridine rings is 1. The molecule has 1 unspecified atom stereocenters. The molecule has 0 aliphatic heterocycles. The van der Waals surface area contributed by atoms with Crippen LogP contribution in [0, 0.1) is 0 Å². The Bertz CT molecular complexity index is 425. The Morgan fingerprint density at radius 3 is 2.71 bits per heavy atom. The molecule has 1 aromatic rings. The van der Waals surface area contributed by atoms with E-state index in [-0.39, 0.29) is 0 Å².